The van der Waals surface area contributed by atoms with Crippen molar-refractivity contribution in [2.24, 2.45) is 0 Å². The van der Waals surface area contributed by atoms with Gasteiger partial charge < -0.3 is 14.6 Å². The molecule has 0 aliphatic heterocycles. The van der Waals surface area contributed by atoms with Crippen LogP contribution in [0.15, 0.2) is 12.1 Å². The minimum Gasteiger partial charge on any atom is -0.493 e. The summed E-state index contributed by atoms with van der Waals surface area (Å²) in [5.74, 6) is 0.760. The average molecular weight is 294 g/mol. The quantitative estimate of drug-likeness (QED) is 0.512. The molecule has 1 aromatic rings. The molecule has 1 aliphatic rings. The molecule has 2 atom stereocenters. The highest BCUT2D eigenvalue weighted by molar-refractivity contribution is 5.55. The molecule has 1 aliphatic carbocycles. The van der Waals surface area contributed by atoms with E-state index in [1.54, 1.807) is 0 Å². The number of nitro benzene ring substituents is 1. The first-order chi connectivity index (χ1) is 10.0. The van der Waals surface area contributed by atoms with Gasteiger partial charge in [0.1, 0.15) is 12.5 Å². The largest absolute Gasteiger partial charge is 0.493 e. The number of hydrogen-bond acceptors (Lipinski definition) is 5. The Balaban J connectivity index is 2.34. The second-order valence-electron chi connectivity index (χ2n) is 5.19. The molecule has 0 amide bonds. The fourth-order valence-corrected chi connectivity index (χ4v) is 2.51. The molecule has 0 radical (unpaired) electrons. The van der Waals surface area contributed by atoms with Crippen LogP contribution in [0.25, 0.3) is 0 Å². The molecule has 0 aromatic heterocycles. The summed E-state index contributed by atoms with van der Waals surface area (Å²) in [5, 5.41) is 20.8. The van der Waals surface area contributed by atoms with Crippen molar-refractivity contribution in [1.82, 2.24) is 0 Å². The van der Waals surface area contributed by atoms with Crippen LogP contribution in [0.2, 0.25) is 0 Å². The maximum Gasteiger partial charge on any atom is 0.279 e. The predicted octanol–water partition coefficient (Wildman–Crippen LogP) is 3.18. The molecule has 6 nitrogen and oxygen atoms in total. The van der Waals surface area contributed by atoms with E-state index < -0.39 is 11.0 Å². The van der Waals surface area contributed by atoms with Crippen molar-refractivity contribution in [2.45, 2.75) is 44.8 Å². The van der Waals surface area contributed by atoms with Crippen molar-refractivity contribution in [2.75, 3.05) is 7.11 Å². The van der Waals surface area contributed by atoms with Crippen molar-refractivity contribution >= 4 is 5.69 Å². The molecule has 1 fully saturated rings. The number of aliphatic hydroxyl groups excluding tert-OH is 1. The first-order valence-corrected chi connectivity index (χ1v) is 7.05. The Kier molecular flexibility index (Phi) is 4.90. The number of methoxy groups -OCH3 is 1. The van der Waals surface area contributed by atoms with E-state index in [4.69, 9.17) is 9.47 Å². The summed E-state index contributed by atoms with van der Waals surface area (Å²) in [4.78, 5) is 10.6. The van der Waals surface area contributed by atoms with Gasteiger partial charge in [0, 0.05) is 0 Å². The summed E-state index contributed by atoms with van der Waals surface area (Å²) < 4.78 is 11.1. The van der Waals surface area contributed by atoms with Crippen LogP contribution in [0.1, 0.15) is 44.3 Å². The van der Waals surface area contributed by atoms with Crippen molar-refractivity contribution < 1.29 is 19.5 Å². The van der Waals surface area contributed by atoms with Crippen molar-refractivity contribution in [3.8, 4) is 11.5 Å². The van der Waals surface area contributed by atoms with Gasteiger partial charge in [-0.1, -0.05) is 0 Å². The molecular weight excluding hydrogens is 274 g/mol. The minimum absolute atomic E-state index is 0.0182. The highest BCUT2D eigenvalue weighted by atomic mass is 16.6. The SMILES string of the molecule is COc1cc(C(C)O)c([N+](=O)[O-])cc1OC1C[CH+]CCC1. The lowest BCUT2D eigenvalue weighted by Gasteiger charge is -2.20. The summed E-state index contributed by atoms with van der Waals surface area (Å²) in [6.07, 6.45) is 5.12. The molecule has 21 heavy (non-hydrogen) atoms. The number of ether oxygens (including phenoxy) is 2. The van der Waals surface area contributed by atoms with E-state index in [9.17, 15) is 15.2 Å². The molecular formula is C15H20NO5+. The van der Waals surface area contributed by atoms with E-state index in [0.29, 0.717) is 11.5 Å². The topological polar surface area (TPSA) is 81.8 Å². The van der Waals surface area contributed by atoms with Crippen LogP contribution in [-0.2, 0) is 0 Å². The molecule has 2 unspecified atom stereocenters. The van der Waals surface area contributed by atoms with E-state index in [1.165, 1.54) is 26.2 Å². The highest BCUT2D eigenvalue weighted by Crippen LogP contribution is 2.38. The van der Waals surface area contributed by atoms with E-state index >= 15 is 0 Å². The second kappa shape index (κ2) is 6.67. The Morgan fingerprint density at radius 2 is 2.24 bits per heavy atom. The minimum atomic E-state index is -0.948. The molecule has 6 heteroatoms. The standard InChI is InChI=1S/C15H20NO5/c1-10(17)12-8-14(20-2)15(9-13(12)16(18)19)21-11-6-4-3-5-7-11/h4,8-11,17H,3,5-7H2,1-2H3/q+1. The Morgan fingerprint density at radius 3 is 2.76 bits per heavy atom. The third-order valence-electron chi connectivity index (χ3n) is 3.62. The van der Waals surface area contributed by atoms with Gasteiger partial charge in [-0.2, -0.15) is 0 Å². The van der Waals surface area contributed by atoms with E-state index in [-0.39, 0.29) is 17.4 Å². The van der Waals surface area contributed by atoms with Crippen molar-refractivity contribution in [1.29, 1.82) is 0 Å². The lowest BCUT2D eigenvalue weighted by Crippen LogP contribution is -2.20. The van der Waals surface area contributed by atoms with Gasteiger partial charge in [0.15, 0.2) is 11.5 Å². The number of rotatable bonds is 5. The predicted molar refractivity (Wildman–Crippen MR) is 77.5 cm³/mol. The van der Waals surface area contributed by atoms with E-state index in [2.05, 4.69) is 6.42 Å². The van der Waals surface area contributed by atoms with Crippen LogP contribution in [0, 0.1) is 16.5 Å². The third-order valence-corrected chi connectivity index (χ3v) is 3.62. The maximum atomic E-state index is 11.2. The molecule has 0 bridgehead atoms. The van der Waals surface area contributed by atoms with Crippen molar-refractivity contribution in [3.63, 3.8) is 0 Å². The zero-order chi connectivity index (χ0) is 15.4. The number of benzene rings is 1. The summed E-state index contributed by atoms with van der Waals surface area (Å²) in [7, 11) is 1.48. The molecule has 1 aromatic carbocycles. The molecule has 0 heterocycles. The second-order valence-corrected chi connectivity index (χ2v) is 5.19. The number of nitrogens with zero attached hydrogens (tertiary/aromatic N) is 1. The van der Waals surface area contributed by atoms with Crippen LogP contribution < -0.4 is 9.47 Å². The lowest BCUT2D eigenvalue weighted by molar-refractivity contribution is -0.386. The van der Waals surface area contributed by atoms with Crippen LogP contribution in [0.5, 0.6) is 11.5 Å². The van der Waals surface area contributed by atoms with Gasteiger partial charge in [-0.25, -0.2) is 0 Å². The number of hydrogen-bond donors (Lipinski definition) is 1. The smallest absolute Gasteiger partial charge is 0.279 e. The zero-order valence-electron chi connectivity index (χ0n) is 12.2. The zero-order valence-corrected chi connectivity index (χ0v) is 12.2. The third kappa shape index (κ3) is 3.58. The average Bonchev–Trinajstić information content (AvgIpc) is 2.47. The van der Waals surface area contributed by atoms with Gasteiger partial charge in [0.2, 0.25) is 0 Å². The first kappa shape index (κ1) is 15.4. The van der Waals surface area contributed by atoms with E-state index in [1.807, 2.05) is 0 Å². The molecule has 114 valence electrons. The summed E-state index contributed by atoms with van der Waals surface area (Å²) in [6, 6.07) is 2.82. The molecule has 2 rings (SSSR count). The Morgan fingerprint density at radius 1 is 1.48 bits per heavy atom. The Labute approximate surface area is 123 Å². The van der Waals surface area contributed by atoms with Crippen LogP contribution in [0.4, 0.5) is 5.69 Å². The molecule has 1 N–H and O–H groups in total. The summed E-state index contributed by atoms with van der Waals surface area (Å²) >= 11 is 0. The highest BCUT2D eigenvalue weighted by Gasteiger charge is 2.26. The number of aliphatic hydroxyl groups is 1. The van der Waals surface area contributed by atoms with Crippen molar-refractivity contribution in [3.05, 3.63) is 34.2 Å². The van der Waals surface area contributed by atoms with Gasteiger partial charge in [0.05, 0.1) is 42.6 Å². The van der Waals surface area contributed by atoms with E-state index in [0.717, 1.165) is 25.7 Å². The molecule has 0 spiro atoms. The maximum absolute atomic E-state index is 11.2. The Bertz CT molecular complexity index is 509. The van der Waals surface area contributed by atoms with Gasteiger partial charge in [-0.05, 0) is 25.8 Å². The number of nitro groups is 1. The van der Waals surface area contributed by atoms with Gasteiger partial charge in [-0.15, -0.1) is 0 Å². The van der Waals surface area contributed by atoms with Gasteiger partial charge in [-0.3, -0.25) is 10.1 Å². The lowest BCUT2D eigenvalue weighted by atomic mass is 9.97. The van der Waals surface area contributed by atoms with Crippen LogP contribution in [-0.4, -0.2) is 23.2 Å². The Hall–Kier alpha value is -1.95. The summed E-state index contributed by atoms with van der Waals surface area (Å²) in [5.41, 5.74) is 0.0694. The van der Waals surface area contributed by atoms with Gasteiger partial charge in [0.25, 0.3) is 5.69 Å². The monoisotopic (exact) mass is 294 g/mol. The fourth-order valence-electron chi connectivity index (χ4n) is 2.51. The normalized spacial score (nSPS) is 19.5. The summed E-state index contributed by atoms with van der Waals surface area (Å²) in [6.45, 7) is 1.48. The van der Waals surface area contributed by atoms with Crippen LogP contribution >= 0.6 is 0 Å². The molecule has 1 saturated carbocycles. The van der Waals surface area contributed by atoms with Crippen LogP contribution in [0.3, 0.4) is 0 Å². The first-order valence-electron chi connectivity index (χ1n) is 7.05. The van der Waals surface area contributed by atoms with Gasteiger partial charge >= 0.3 is 0 Å². The fraction of sp³-hybridized carbons (Fsp3) is 0.533. The molecule has 0 saturated heterocycles.